The van der Waals surface area contributed by atoms with E-state index in [0.29, 0.717) is 10.4 Å². The quantitative estimate of drug-likeness (QED) is 0.769. The van der Waals surface area contributed by atoms with Crippen molar-refractivity contribution < 1.29 is 26.4 Å². The summed E-state index contributed by atoms with van der Waals surface area (Å²) in [4.78, 5) is 11.2. The molecule has 0 atom stereocenters. The van der Waals surface area contributed by atoms with Crippen LogP contribution in [0.4, 0.5) is 14.5 Å². The molecule has 0 bridgehead atoms. The number of sulfone groups is 1. The molecule has 5 nitrogen and oxygen atoms in total. The highest BCUT2D eigenvalue weighted by Crippen LogP contribution is 2.20. The van der Waals surface area contributed by atoms with Gasteiger partial charge in [0.05, 0.1) is 4.90 Å². The lowest BCUT2D eigenvalue weighted by Gasteiger charge is -2.05. The van der Waals surface area contributed by atoms with Crippen molar-refractivity contribution in [2.75, 3.05) is 5.32 Å². The van der Waals surface area contributed by atoms with Crippen LogP contribution in [-0.2, 0) is 14.6 Å². The molecule has 2 rings (SSSR count). The Balaban J connectivity index is 2.03. The van der Waals surface area contributed by atoms with E-state index in [1.807, 2.05) is 0 Å². The van der Waals surface area contributed by atoms with Crippen LogP contribution in [0.1, 0.15) is 5.76 Å². The van der Waals surface area contributed by atoms with Crippen LogP contribution in [0.5, 0.6) is 0 Å². The number of hydrogen-bond donors (Lipinski definition) is 1. The molecule has 1 amide bonds. The molecule has 0 aliphatic heterocycles. The molecule has 9 heteroatoms. The van der Waals surface area contributed by atoms with Crippen molar-refractivity contribution in [3.63, 3.8) is 0 Å². The normalized spacial score (nSPS) is 12.0. The second kappa shape index (κ2) is 7.05. The van der Waals surface area contributed by atoms with Crippen molar-refractivity contribution in [3.8, 4) is 0 Å². The van der Waals surface area contributed by atoms with E-state index in [2.05, 4.69) is 21.2 Å². The molecule has 23 heavy (non-hydrogen) atoms. The summed E-state index contributed by atoms with van der Waals surface area (Å²) >= 11 is 3.12. The number of benzene rings is 1. The minimum absolute atomic E-state index is 0.272. The van der Waals surface area contributed by atoms with E-state index in [9.17, 15) is 22.0 Å². The van der Waals surface area contributed by atoms with E-state index < -0.39 is 26.4 Å². The van der Waals surface area contributed by atoms with Gasteiger partial charge in [0.1, 0.15) is 5.76 Å². The maximum Gasteiger partial charge on any atom is 0.341 e. The Hall–Kier alpha value is -2.00. The standard InChI is InChI=1S/C14H10BrF2NO4S/c15-12-7-3-10(22-12)4-8-13(19)18-9-1-5-11(6-2-9)23(20,21)14(16)17/h1-8,14H,(H,18,19)/b8-4+. The van der Waals surface area contributed by atoms with Gasteiger partial charge in [0.2, 0.25) is 15.7 Å². The number of carbonyl (C=O) groups is 1. The van der Waals surface area contributed by atoms with Crippen molar-refractivity contribution in [1.29, 1.82) is 0 Å². The van der Waals surface area contributed by atoms with Gasteiger partial charge in [0, 0.05) is 11.8 Å². The first-order valence-corrected chi connectivity index (χ1v) is 8.49. The van der Waals surface area contributed by atoms with Gasteiger partial charge in [-0.2, -0.15) is 8.78 Å². The maximum absolute atomic E-state index is 12.4. The van der Waals surface area contributed by atoms with Crippen LogP contribution in [0.15, 0.2) is 56.5 Å². The Morgan fingerprint density at radius 2 is 1.83 bits per heavy atom. The summed E-state index contributed by atoms with van der Waals surface area (Å²) in [6.07, 6.45) is 2.66. The summed E-state index contributed by atoms with van der Waals surface area (Å²) in [6, 6.07) is 7.78. The molecule has 1 heterocycles. The molecule has 0 saturated carbocycles. The second-order valence-electron chi connectivity index (χ2n) is 4.29. The summed E-state index contributed by atoms with van der Waals surface area (Å²) in [5.41, 5.74) is 0.272. The SMILES string of the molecule is O=C(/C=C/c1ccc(Br)o1)Nc1ccc(S(=O)(=O)C(F)F)cc1. The van der Waals surface area contributed by atoms with Gasteiger partial charge in [0.25, 0.3) is 0 Å². The first-order valence-electron chi connectivity index (χ1n) is 6.15. The summed E-state index contributed by atoms with van der Waals surface area (Å²) in [7, 11) is -4.64. The molecule has 0 aliphatic carbocycles. The number of halogens is 3. The van der Waals surface area contributed by atoms with Gasteiger partial charge >= 0.3 is 5.76 Å². The van der Waals surface area contributed by atoms with Gasteiger partial charge in [-0.3, -0.25) is 4.79 Å². The molecule has 0 fully saturated rings. The first-order chi connectivity index (χ1) is 10.8. The second-order valence-corrected chi connectivity index (χ2v) is 6.99. The Bertz CT molecular complexity index is 829. The Labute approximate surface area is 139 Å². The number of rotatable bonds is 5. The lowest BCUT2D eigenvalue weighted by atomic mass is 10.3. The molecule has 0 saturated heterocycles. The van der Waals surface area contributed by atoms with Crippen LogP contribution in [0.2, 0.25) is 0 Å². The van der Waals surface area contributed by atoms with Gasteiger partial charge < -0.3 is 9.73 Å². The van der Waals surface area contributed by atoms with E-state index in [-0.39, 0.29) is 5.69 Å². The number of amides is 1. The summed E-state index contributed by atoms with van der Waals surface area (Å²) < 4.78 is 53.0. The summed E-state index contributed by atoms with van der Waals surface area (Å²) in [6.45, 7) is 0. The van der Waals surface area contributed by atoms with Gasteiger partial charge in [0.15, 0.2) is 4.67 Å². The van der Waals surface area contributed by atoms with Gasteiger partial charge in [-0.05, 0) is 58.4 Å². The van der Waals surface area contributed by atoms with E-state index >= 15 is 0 Å². The molecule has 0 spiro atoms. The largest absolute Gasteiger partial charge is 0.450 e. The number of furan rings is 1. The zero-order valence-corrected chi connectivity index (χ0v) is 13.8. The smallest absolute Gasteiger partial charge is 0.341 e. The molecular formula is C14H10BrF2NO4S. The van der Waals surface area contributed by atoms with E-state index in [0.717, 1.165) is 12.1 Å². The Kier molecular flexibility index (Phi) is 5.32. The van der Waals surface area contributed by atoms with Crippen LogP contribution >= 0.6 is 15.9 Å². The third-order valence-corrected chi connectivity index (χ3v) is 4.50. The minimum Gasteiger partial charge on any atom is -0.450 e. The predicted molar refractivity (Wildman–Crippen MR) is 83.7 cm³/mol. The van der Waals surface area contributed by atoms with Crippen LogP contribution in [0.3, 0.4) is 0 Å². The van der Waals surface area contributed by atoms with Crippen molar-refractivity contribution in [3.05, 3.63) is 52.9 Å². The van der Waals surface area contributed by atoms with Gasteiger partial charge in [-0.1, -0.05) is 0 Å². The Morgan fingerprint density at radius 1 is 1.17 bits per heavy atom. The highest BCUT2D eigenvalue weighted by atomic mass is 79.9. The zero-order chi connectivity index (χ0) is 17.0. The maximum atomic E-state index is 12.4. The third-order valence-electron chi connectivity index (χ3n) is 2.68. The van der Waals surface area contributed by atoms with Crippen LogP contribution in [0.25, 0.3) is 6.08 Å². The summed E-state index contributed by atoms with van der Waals surface area (Å²) in [5.74, 6) is -3.51. The highest BCUT2D eigenvalue weighted by molar-refractivity contribution is 9.10. The van der Waals surface area contributed by atoms with Crippen molar-refractivity contribution in [1.82, 2.24) is 0 Å². The number of anilines is 1. The monoisotopic (exact) mass is 405 g/mol. The minimum atomic E-state index is -4.64. The van der Waals surface area contributed by atoms with Gasteiger partial charge in [-0.15, -0.1) is 0 Å². The number of nitrogens with one attached hydrogen (secondary N) is 1. The number of hydrogen-bond acceptors (Lipinski definition) is 4. The van der Waals surface area contributed by atoms with Crippen molar-refractivity contribution >= 4 is 43.4 Å². The molecule has 122 valence electrons. The predicted octanol–water partition coefficient (Wildman–Crippen LogP) is 3.69. The average molecular weight is 406 g/mol. The third kappa shape index (κ3) is 4.49. The highest BCUT2D eigenvalue weighted by Gasteiger charge is 2.26. The fourth-order valence-corrected chi connectivity index (χ4v) is 2.63. The van der Waals surface area contributed by atoms with E-state index in [4.69, 9.17) is 4.42 Å². The van der Waals surface area contributed by atoms with E-state index in [1.165, 1.54) is 24.3 Å². The van der Waals surface area contributed by atoms with Crippen molar-refractivity contribution in [2.45, 2.75) is 10.7 Å². The molecule has 1 aromatic carbocycles. The molecule has 1 aromatic heterocycles. The fraction of sp³-hybridized carbons (Fsp3) is 0.0714. The van der Waals surface area contributed by atoms with Crippen LogP contribution < -0.4 is 5.32 Å². The molecule has 1 N–H and O–H groups in total. The number of alkyl halides is 2. The van der Waals surface area contributed by atoms with E-state index in [1.54, 1.807) is 12.1 Å². The molecular weight excluding hydrogens is 396 g/mol. The molecule has 0 radical (unpaired) electrons. The lowest BCUT2D eigenvalue weighted by molar-refractivity contribution is -0.111. The molecule has 0 unspecified atom stereocenters. The topological polar surface area (TPSA) is 76.4 Å². The summed E-state index contributed by atoms with van der Waals surface area (Å²) in [5, 5.41) is 2.47. The first kappa shape index (κ1) is 17.4. The van der Waals surface area contributed by atoms with Crippen LogP contribution in [0, 0.1) is 0 Å². The number of carbonyl (C=O) groups excluding carboxylic acids is 1. The fourth-order valence-electron chi connectivity index (χ4n) is 1.59. The van der Waals surface area contributed by atoms with Crippen LogP contribution in [-0.4, -0.2) is 20.1 Å². The average Bonchev–Trinajstić information content (AvgIpc) is 2.91. The lowest BCUT2D eigenvalue weighted by Crippen LogP contribution is -2.12. The molecule has 0 aliphatic rings. The van der Waals surface area contributed by atoms with Gasteiger partial charge in [-0.25, -0.2) is 8.42 Å². The Morgan fingerprint density at radius 3 is 2.35 bits per heavy atom. The zero-order valence-electron chi connectivity index (χ0n) is 11.4. The van der Waals surface area contributed by atoms with Crippen molar-refractivity contribution in [2.24, 2.45) is 0 Å². The molecule has 2 aromatic rings.